The van der Waals surface area contributed by atoms with Gasteiger partial charge in [0, 0.05) is 49.9 Å². The topological polar surface area (TPSA) is 43.8 Å². The van der Waals surface area contributed by atoms with Crippen LogP contribution in [0, 0.1) is 11.8 Å². The van der Waals surface area contributed by atoms with E-state index in [0.717, 1.165) is 43.9 Å². The maximum Gasteiger partial charge on any atom is 0.222 e. The third kappa shape index (κ3) is 3.46. The van der Waals surface area contributed by atoms with Gasteiger partial charge in [-0.25, -0.2) is 0 Å². The van der Waals surface area contributed by atoms with Crippen molar-refractivity contribution in [1.82, 2.24) is 9.80 Å². The fraction of sp³-hybridized carbons (Fsp3) is 0.562. The molecular weight excluding hydrogens is 284 g/mol. The number of hydrogen-bond donors (Lipinski definition) is 1. The van der Waals surface area contributed by atoms with Crippen LogP contribution in [0.15, 0.2) is 12.1 Å². The highest BCUT2D eigenvalue weighted by Crippen LogP contribution is 2.25. The summed E-state index contributed by atoms with van der Waals surface area (Å²) >= 11 is 1.73. The van der Waals surface area contributed by atoms with E-state index in [1.807, 2.05) is 0 Å². The second kappa shape index (κ2) is 6.61. The van der Waals surface area contributed by atoms with Gasteiger partial charge in [-0.15, -0.1) is 11.3 Å². The van der Waals surface area contributed by atoms with Crippen molar-refractivity contribution in [2.24, 2.45) is 0 Å². The standard InChI is InChI=1S/C16H20N2O2S/c19-10-2-1-3-14-5-6-15(21-14)12-17-8-9-18-13(11-17)4-7-16(18)20/h5-6,13,19H,2,4,7-12H2. The highest BCUT2D eigenvalue weighted by molar-refractivity contribution is 7.12. The van der Waals surface area contributed by atoms with E-state index in [4.69, 9.17) is 5.11 Å². The monoisotopic (exact) mass is 304 g/mol. The van der Waals surface area contributed by atoms with Gasteiger partial charge in [-0.1, -0.05) is 11.8 Å². The molecular formula is C16H20N2O2S. The normalized spacial score (nSPS) is 22.0. The SMILES string of the molecule is O=C1CCC2CN(Cc3ccc(C#CCCO)s3)CCN12. The van der Waals surface area contributed by atoms with E-state index in [1.54, 1.807) is 11.3 Å². The maximum absolute atomic E-state index is 11.7. The number of rotatable bonds is 3. The van der Waals surface area contributed by atoms with Crippen molar-refractivity contribution < 1.29 is 9.90 Å². The highest BCUT2D eigenvalue weighted by atomic mass is 32.1. The van der Waals surface area contributed by atoms with Crippen molar-refractivity contribution in [3.63, 3.8) is 0 Å². The van der Waals surface area contributed by atoms with Gasteiger partial charge in [0.05, 0.1) is 11.5 Å². The Morgan fingerprint density at radius 3 is 3.14 bits per heavy atom. The molecule has 1 N–H and O–H groups in total. The number of aliphatic hydroxyl groups excluding tert-OH is 1. The molecule has 2 saturated heterocycles. The number of carbonyl (C=O) groups excluding carboxylic acids is 1. The molecule has 21 heavy (non-hydrogen) atoms. The molecule has 1 aromatic heterocycles. The summed E-state index contributed by atoms with van der Waals surface area (Å²) in [5.74, 6) is 6.37. The summed E-state index contributed by atoms with van der Waals surface area (Å²) in [5, 5.41) is 8.73. The van der Waals surface area contributed by atoms with Gasteiger partial charge in [-0.05, 0) is 18.6 Å². The molecule has 1 aromatic rings. The van der Waals surface area contributed by atoms with E-state index >= 15 is 0 Å². The zero-order valence-corrected chi connectivity index (χ0v) is 12.9. The molecule has 0 spiro atoms. The van der Waals surface area contributed by atoms with Crippen LogP contribution < -0.4 is 0 Å². The second-order valence-corrected chi connectivity index (χ2v) is 6.72. The Kier molecular flexibility index (Phi) is 4.59. The van der Waals surface area contributed by atoms with Crippen LogP contribution in [0.1, 0.15) is 29.0 Å². The van der Waals surface area contributed by atoms with Gasteiger partial charge >= 0.3 is 0 Å². The van der Waals surface area contributed by atoms with Crippen LogP contribution in [-0.4, -0.2) is 53.1 Å². The zero-order valence-electron chi connectivity index (χ0n) is 12.0. The molecule has 5 heteroatoms. The largest absolute Gasteiger partial charge is 0.395 e. The van der Waals surface area contributed by atoms with E-state index in [9.17, 15) is 4.79 Å². The van der Waals surface area contributed by atoms with Crippen molar-refractivity contribution in [2.45, 2.75) is 31.8 Å². The zero-order chi connectivity index (χ0) is 14.7. The number of hydrogen-bond acceptors (Lipinski definition) is 4. The number of thiophene rings is 1. The summed E-state index contributed by atoms with van der Waals surface area (Å²) in [4.78, 5) is 18.6. The second-order valence-electron chi connectivity index (χ2n) is 5.56. The molecule has 2 aliphatic rings. The van der Waals surface area contributed by atoms with Gasteiger partial charge in [0.15, 0.2) is 0 Å². The van der Waals surface area contributed by atoms with E-state index in [0.29, 0.717) is 18.4 Å². The third-order valence-corrected chi connectivity index (χ3v) is 5.05. The lowest BCUT2D eigenvalue weighted by atomic mass is 10.1. The van der Waals surface area contributed by atoms with Crippen molar-refractivity contribution >= 4 is 17.2 Å². The van der Waals surface area contributed by atoms with Crippen LogP contribution in [0.2, 0.25) is 0 Å². The average molecular weight is 304 g/mol. The minimum absolute atomic E-state index is 0.121. The smallest absolute Gasteiger partial charge is 0.222 e. The number of piperazine rings is 1. The molecule has 112 valence electrons. The summed E-state index contributed by atoms with van der Waals surface area (Å²) in [5.41, 5.74) is 0. The third-order valence-electron chi connectivity index (χ3n) is 4.07. The quantitative estimate of drug-likeness (QED) is 0.856. The highest BCUT2D eigenvalue weighted by Gasteiger charge is 2.35. The molecule has 1 unspecified atom stereocenters. The molecule has 3 heterocycles. The predicted octanol–water partition coefficient (Wildman–Crippen LogP) is 1.29. The Hall–Kier alpha value is -1.35. The van der Waals surface area contributed by atoms with Crippen LogP contribution in [0.5, 0.6) is 0 Å². The van der Waals surface area contributed by atoms with Crippen LogP contribution in [0.3, 0.4) is 0 Å². The summed E-state index contributed by atoms with van der Waals surface area (Å²) in [6.07, 6.45) is 2.27. The fourth-order valence-corrected chi connectivity index (χ4v) is 3.95. The van der Waals surface area contributed by atoms with E-state index in [1.165, 1.54) is 4.88 Å². The van der Waals surface area contributed by atoms with Crippen molar-refractivity contribution in [3.05, 3.63) is 21.9 Å². The molecule has 0 saturated carbocycles. The Balaban J connectivity index is 1.56. The van der Waals surface area contributed by atoms with Gasteiger partial charge in [0.1, 0.15) is 0 Å². The van der Waals surface area contributed by atoms with Gasteiger partial charge in [-0.2, -0.15) is 0 Å². The minimum Gasteiger partial charge on any atom is -0.395 e. The van der Waals surface area contributed by atoms with E-state index in [2.05, 4.69) is 33.8 Å². The molecule has 4 nitrogen and oxygen atoms in total. The van der Waals surface area contributed by atoms with Crippen LogP contribution in [-0.2, 0) is 11.3 Å². The van der Waals surface area contributed by atoms with E-state index in [-0.39, 0.29) is 6.61 Å². The number of aliphatic hydroxyl groups is 1. The molecule has 0 radical (unpaired) electrons. The van der Waals surface area contributed by atoms with Crippen LogP contribution in [0.25, 0.3) is 0 Å². The first-order chi connectivity index (χ1) is 10.3. The molecule has 1 atom stereocenters. The number of amides is 1. The first-order valence-corrected chi connectivity index (χ1v) is 8.28. The lowest BCUT2D eigenvalue weighted by Gasteiger charge is -2.37. The lowest BCUT2D eigenvalue weighted by Crippen LogP contribution is -2.50. The maximum atomic E-state index is 11.7. The molecule has 0 aliphatic carbocycles. The molecule has 0 bridgehead atoms. The minimum atomic E-state index is 0.121. The predicted molar refractivity (Wildman–Crippen MR) is 82.9 cm³/mol. The fourth-order valence-electron chi connectivity index (χ4n) is 3.03. The Bertz CT molecular complexity index is 572. The molecule has 3 rings (SSSR count). The van der Waals surface area contributed by atoms with Crippen LogP contribution in [0.4, 0.5) is 0 Å². The number of nitrogens with zero attached hydrogens (tertiary/aromatic N) is 2. The summed E-state index contributed by atoms with van der Waals surface area (Å²) in [6, 6.07) is 4.62. The van der Waals surface area contributed by atoms with Gasteiger partial charge in [0.25, 0.3) is 0 Å². The van der Waals surface area contributed by atoms with Crippen LogP contribution >= 0.6 is 11.3 Å². The average Bonchev–Trinajstić information content (AvgIpc) is 3.07. The van der Waals surface area contributed by atoms with Gasteiger partial charge < -0.3 is 10.0 Å². The van der Waals surface area contributed by atoms with Crippen molar-refractivity contribution in [3.8, 4) is 11.8 Å². The summed E-state index contributed by atoms with van der Waals surface area (Å²) in [6.45, 7) is 3.90. The number of carbonyl (C=O) groups is 1. The lowest BCUT2D eigenvalue weighted by molar-refractivity contribution is -0.130. The van der Waals surface area contributed by atoms with Gasteiger partial charge in [0.2, 0.25) is 5.91 Å². The number of fused-ring (bicyclic) bond motifs is 1. The van der Waals surface area contributed by atoms with Gasteiger partial charge in [-0.3, -0.25) is 9.69 Å². The Labute approximate surface area is 129 Å². The summed E-state index contributed by atoms with van der Waals surface area (Å²) < 4.78 is 0. The first-order valence-electron chi connectivity index (χ1n) is 7.46. The summed E-state index contributed by atoms with van der Waals surface area (Å²) in [7, 11) is 0. The van der Waals surface area contributed by atoms with Crippen molar-refractivity contribution in [1.29, 1.82) is 0 Å². The molecule has 1 amide bonds. The van der Waals surface area contributed by atoms with E-state index < -0.39 is 0 Å². The molecule has 2 fully saturated rings. The Morgan fingerprint density at radius 1 is 1.38 bits per heavy atom. The first kappa shape index (κ1) is 14.6. The molecule has 2 aliphatic heterocycles. The van der Waals surface area contributed by atoms with Crippen molar-refractivity contribution in [2.75, 3.05) is 26.2 Å². The molecule has 0 aromatic carbocycles. The Morgan fingerprint density at radius 2 is 2.29 bits per heavy atom.